The molecule has 2 aliphatic rings. The second kappa shape index (κ2) is 3.49. The molecule has 0 N–H and O–H groups in total. The third kappa shape index (κ3) is 1.72. The number of hydrogen-bond acceptors (Lipinski definition) is 3. The van der Waals surface area contributed by atoms with Gasteiger partial charge in [-0.05, 0) is 36.2 Å². The number of allylic oxidation sites excluding steroid dienone is 4. The zero-order chi connectivity index (χ0) is 10.3. The van der Waals surface area contributed by atoms with E-state index < -0.39 is 0 Å². The van der Waals surface area contributed by atoms with E-state index in [9.17, 15) is 0 Å². The first kappa shape index (κ1) is 9.16. The summed E-state index contributed by atoms with van der Waals surface area (Å²) in [7, 11) is 0. The average molecular weight is 216 g/mol. The first-order chi connectivity index (χ1) is 7.34. The SMILES string of the molecule is CC1=CC=C(Sc2ncccn2)C2CC12. The first-order valence-corrected chi connectivity index (χ1v) is 5.99. The van der Waals surface area contributed by atoms with Crippen molar-refractivity contribution < 1.29 is 0 Å². The maximum Gasteiger partial charge on any atom is 0.192 e. The molecular formula is C12H12N2S. The molecule has 2 atom stereocenters. The Labute approximate surface area is 93.5 Å². The molecule has 0 amide bonds. The molecule has 3 heteroatoms. The average Bonchev–Trinajstić information content (AvgIpc) is 3.05. The van der Waals surface area contributed by atoms with Crippen LogP contribution >= 0.6 is 11.8 Å². The van der Waals surface area contributed by atoms with E-state index in [-0.39, 0.29) is 0 Å². The lowest BCUT2D eigenvalue weighted by atomic mass is 10.1. The Morgan fingerprint density at radius 1 is 1.20 bits per heavy atom. The minimum Gasteiger partial charge on any atom is -0.231 e. The number of fused-ring (bicyclic) bond motifs is 1. The molecule has 3 rings (SSSR count). The van der Waals surface area contributed by atoms with Gasteiger partial charge in [0, 0.05) is 12.4 Å². The Kier molecular flexibility index (Phi) is 2.13. The molecule has 1 saturated carbocycles. The van der Waals surface area contributed by atoms with Gasteiger partial charge in [-0.25, -0.2) is 9.97 Å². The molecule has 2 aliphatic carbocycles. The van der Waals surface area contributed by atoms with Crippen molar-refractivity contribution in [3.05, 3.63) is 41.1 Å². The second-order valence-corrected chi connectivity index (χ2v) is 5.10. The number of nitrogens with zero attached hydrogens (tertiary/aromatic N) is 2. The van der Waals surface area contributed by atoms with Crippen molar-refractivity contribution in [2.45, 2.75) is 18.5 Å². The molecule has 0 aliphatic heterocycles. The summed E-state index contributed by atoms with van der Waals surface area (Å²) in [6.07, 6.45) is 9.37. The standard InChI is InChI=1S/C12H12N2S/c1-8-3-4-11(10-7-9(8)10)15-12-13-5-2-6-14-12/h2-6,9-10H,7H2,1H3. The van der Waals surface area contributed by atoms with Gasteiger partial charge < -0.3 is 0 Å². The van der Waals surface area contributed by atoms with Crippen molar-refractivity contribution in [1.29, 1.82) is 0 Å². The van der Waals surface area contributed by atoms with Gasteiger partial charge in [0.1, 0.15) is 0 Å². The molecule has 0 aromatic carbocycles. The van der Waals surface area contributed by atoms with Crippen molar-refractivity contribution in [3.63, 3.8) is 0 Å². The summed E-state index contributed by atoms with van der Waals surface area (Å²) in [6, 6.07) is 1.85. The fourth-order valence-electron chi connectivity index (χ4n) is 2.03. The van der Waals surface area contributed by atoms with Gasteiger partial charge in [0.05, 0.1) is 0 Å². The number of rotatable bonds is 2. The lowest BCUT2D eigenvalue weighted by Gasteiger charge is -2.09. The van der Waals surface area contributed by atoms with Crippen LogP contribution in [-0.4, -0.2) is 9.97 Å². The van der Waals surface area contributed by atoms with E-state index in [1.165, 1.54) is 16.9 Å². The van der Waals surface area contributed by atoms with Gasteiger partial charge in [-0.15, -0.1) is 0 Å². The van der Waals surface area contributed by atoms with Gasteiger partial charge in [-0.3, -0.25) is 0 Å². The van der Waals surface area contributed by atoms with E-state index in [4.69, 9.17) is 0 Å². The van der Waals surface area contributed by atoms with Gasteiger partial charge in [0.15, 0.2) is 5.16 Å². The summed E-state index contributed by atoms with van der Waals surface area (Å²) >= 11 is 1.71. The van der Waals surface area contributed by atoms with Crippen molar-refractivity contribution >= 4 is 11.8 Å². The molecule has 15 heavy (non-hydrogen) atoms. The molecule has 0 radical (unpaired) electrons. The van der Waals surface area contributed by atoms with Gasteiger partial charge in [-0.2, -0.15) is 0 Å². The topological polar surface area (TPSA) is 25.8 Å². The Morgan fingerprint density at radius 2 is 2.00 bits per heavy atom. The van der Waals surface area contributed by atoms with Crippen molar-refractivity contribution in [1.82, 2.24) is 9.97 Å². The van der Waals surface area contributed by atoms with Crippen LogP contribution in [0.5, 0.6) is 0 Å². The van der Waals surface area contributed by atoms with Crippen molar-refractivity contribution in [3.8, 4) is 0 Å². The molecule has 2 unspecified atom stereocenters. The van der Waals surface area contributed by atoms with Crippen LogP contribution in [0.3, 0.4) is 0 Å². The van der Waals surface area contributed by atoms with Gasteiger partial charge in [0.2, 0.25) is 0 Å². The highest BCUT2D eigenvalue weighted by Crippen LogP contribution is 2.54. The van der Waals surface area contributed by atoms with E-state index >= 15 is 0 Å². The Morgan fingerprint density at radius 3 is 2.80 bits per heavy atom. The van der Waals surface area contributed by atoms with E-state index in [0.717, 1.165) is 17.0 Å². The zero-order valence-corrected chi connectivity index (χ0v) is 9.37. The minimum absolute atomic E-state index is 0.754. The van der Waals surface area contributed by atoms with E-state index in [1.807, 2.05) is 6.07 Å². The summed E-state index contributed by atoms with van der Waals surface area (Å²) in [6.45, 7) is 2.22. The lowest BCUT2D eigenvalue weighted by Crippen LogP contribution is -1.94. The Hall–Kier alpha value is -1.09. The maximum atomic E-state index is 4.24. The van der Waals surface area contributed by atoms with Crippen LogP contribution in [0.1, 0.15) is 13.3 Å². The highest BCUT2D eigenvalue weighted by atomic mass is 32.2. The van der Waals surface area contributed by atoms with Crippen LogP contribution in [0.15, 0.2) is 46.2 Å². The summed E-state index contributed by atoms with van der Waals surface area (Å²) in [5, 5.41) is 0.863. The molecule has 0 saturated heterocycles. The van der Waals surface area contributed by atoms with Crippen LogP contribution in [0.4, 0.5) is 0 Å². The number of aromatic nitrogens is 2. The fourth-order valence-corrected chi connectivity index (χ4v) is 3.01. The zero-order valence-electron chi connectivity index (χ0n) is 8.55. The molecule has 1 fully saturated rings. The predicted octanol–water partition coefficient (Wildman–Crippen LogP) is 3.05. The molecule has 2 nitrogen and oxygen atoms in total. The van der Waals surface area contributed by atoms with Crippen molar-refractivity contribution in [2.24, 2.45) is 11.8 Å². The highest BCUT2D eigenvalue weighted by Gasteiger charge is 2.42. The Balaban J connectivity index is 1.80. The van der Waals surface area contributed by atoms with E-state index in [2.05, 4.69) is 29.0 Å². The third-order valence-corrected chi connectivity index (χ3v) is 4.07. The molecule has 0 spiro atoms. The Bertz CT molecular complexity index is 436. The third-order valence-electron chi connectivity index (χ3n) is 3.00. The molecular weight excluding hydrogens is 204 g/mol. The predicted molar refractivity (Wildman–Crippen MR) is 61.3 cm³/mol. The molecule has 1 aromatic rings. The number of thioether (sulfide) groups is 1. The van der Waals surface area contributed by atoms with E-state index in [1.54, 1.807) is 24.2 Å². The van der Waals surface area contributed by atoms with Crippen LogP contribution in [0, 0.1) is 11.8 Å². The summed E-state index contributed by atoms with van der Waals surface area (Å²) in [5.41, 5.74) is 1.53. The van der Waals surface area contributed by atoms with Crippen LogP contribution in [0.25, 0.3) is 0 Å². The largest absolute Gasteiger partial charge is 0.231 e. The highest BCUT2D eigenvalue weighted by molar-refractivity contribution is 8.03. The minimum atomic E-state index is 0.754. The van der Waals surface area contributed by atoms with Gasteiger partial charge in [-0.1, -0.05) is 29.5 Å². The van der Waals surface area contributed by atoms with Gasteiger partial charge >= 0.3 is 0 Å². The molecule has 1 aromatic heterocycles. The molecule has 0 bridgehead atoms. The summed E-state index contributed by atoms with van der Waals surface area (Å²) in [4.78, 5) is 9.90. The second-order valence-electron chi connectivity index (χ2n) is 4.06. The quantitative estimate of drug-likeness (QED) is 0.711. The van der Waals surface area contributed by atoms with Crippen molar-refractivity contribution in [2.75, 3.05) is 0 Å². The fraction of sp³-hybridized carbons (Fsp3) is 0.333. The summed E-state index contributed by atoms with van der Waals surface area (Å²) < 4.78 is 0. The smallest absolute Gasteiger partial charge is 0.192 e. The van der Waals surface area contributed by atoms with Crippen LogP contribution in [0.2, 0.25) is 0 Å². The van der Waals surface area contributed by atoms with Gasteiger partial charge in [0.25, 0.3) is 0 Å². The first-order valence-electron chi connectivity index (χ1n) is 5.18. The number of hydrogen-bond donors (Lipinski definition) is 0. The summed E-state index contributed by atoms with van der Waals surface area (Å²) in [5.74, 6) is 1.56. The normalized spacial score (nSPS) is 27.8. The monoisotopic (exact) mass is 216 g/mol. The van der Waals surface area contributed by atoms with Crippen LogP contribution < -0.4 is 0 Å². The lowest BCUT2D eigenvalue weighted by molar-refractivity contribution is 0.894. The molecule has 1 heterocycles. The molecule has 76 valence electrons. The maximum absolute atomic E-state index is 4.24. The van der Waals surface area contributed by atoms with Crippen LogP contribution in [-0.2, 0) is 0 Å². The van der Waals surface area contributed by atoms with E-state index in [0.29, 0.717) is 0 Å².